The van der Waals surface area contributed by atoms with Gasteiger partial charge in [0.1, 0.15) is 5.76 Å². The highest BCUT2D eigenvalue weighted by Gasteiger charge is 2.22. The molecule has 17 heavy (non-hydrogen) atoms. The van der Waals surface area contributed by atoms with Crippen LogP contribution in [0.1, 0.15) is 24.8 Å². The van der Waals surface area contributed by atoms with E-state index in [2.05, 4.69) is 12.1 Å². The maximum atomic E-state index is 6.23. The van der Waals surface area contributed by atoms with E-state index in [0.717, 1.165) is 30.7 Å². The first-order valence-corrected chi connectivity index (χ1v) is 5.94. The fourth-order valence-electron chi connectivity index (χ4n) is 2.44. The topological polar surface area (TPSA) is 35.2 Å². The van der Waals surface area contributed by atoms with Crippen LogP contribution in [0.4, 0.5) is 0 Å². The zero-order chi connectivity index (χ0) is 11.7. The van der Waals surface area contributed by atoms with Crippen molar-refractivity contribution in [2.24, 2.45) is 5.73 Å². The minimum atomic E-state index is 0.807. The van der Waals surface area contributed by atoms with Crippen molar-refractivity contribution in [3.05, 3.63) is 65.3 Å². The third-order valence-corrected chi connectivity index (χ3v) is 3.34. The molecule has 0 saturated carbocycles. The molecule has 0 spiro atoms. The van der Waals surface area contributed by atoms with Gasteiger partial charge in [0.15, 0.2) is 0 Å². The third kappa shape index (κ3) is 1.76. The second-order valence-electron chi connectivity index (χ2n) is 4.38. The molecular formula is C15H15NO. The summed E-state index contributed by atoms with van der Waals surface area (Å²) in [6.45, 7) is 0. The zero-order valence-electron chi connectivity index (χ0n) is 9.65. The summed E-state index contributed by atoms with van der Waals surface area (Å²) >= 11 is 0. The Morgan fingerprint density at radius 1 is 1.06 bits per heavy atom. The van der Waals surface area contributed by atoms with Gasteiger partial charge in [-0.1, -0.05) is 30.3 Å². The Balaban J connectivity index is 2.04. The molecule has 0 fully saturated rings. The van der Waals surface area contributed by atoms with Crippen molar-refractivity contribution >= 4 is 5.57 Å². The van der Waals surface area contributed by atoms with Crippen LogP contribution in [0.15, 0.2) is 59.7 Å². The lowest BCUT2D eigenvalue weighted by molar-refractivity contribution is 0.339. The van der Waals surface area contributed by atoms with Gasteiger partial charge >= 0.3 is 0 Å². The average Bonchev–Trinajstić information content (AvgIpc) is 2.40. The first kappa shape index (κ1) is 10.2. The molecule has 2 nitrogen and oxygen atoms in total. The van der Waals surface area contributed by atoms with Gasteiger partial charge in [0.2, 0.25) is 0 Å². The molecule has 1 heterocycles. The molecule has 3 rings (SSSR count). The number of hydrogen-bond donors (Lipinski definition) is 1. The van der Waals surface area contributed by atoms with Gasteiger partial charge in [-0.2, -0.15) is 0 Å². The Morgan fingerprint density at radius 3 is 2.71 bits per heavy atom. The first-order valence-electron chi connectivity index (χ1n) is 5.94. The highest BCUT2D eigenvalue weighted by Crippen LogP contribution is 2.37. The minimum absolute atomic E-state index is 0.807. The number of benzene rings is 1. The molecule has 1 aliphatic heterocycles. The highest BCUT2D eigenvalue weighted by molar-refractivity contribution is 5.73. The van der Waals surface area contributed by atoms with Gasteiger partial charge in [-0.25, -0.2) is 0 Å². The van der Waals surface area contributed by atoms with E-state index in [4.69, 9.17) is 10.5 Å². The minimum Gasteiger partial charge on any atom is -0.463 e. The third-order valence-electron chi connectivity index (χ3n) is 3.34. The molecule has 0 saturated heterocycles. The van der Waals surface area contributed by atoms with Crippen LogP contribution >= 0.6 is 0 Å². The molecule has 2 N–H and O–H groups in total. The lowest BCUT2D eigenvalue weighted by atomic mass is 9.88. The van der Waals surface area contributed by atoms with Crippen LogP contribution < -0.4 is 5.73 Å². The second kappa shape index (κ2) is 4.13. The van der Waals surface area contributed by atoms with E-state index in [1.807, 2.05) is 24.3 Å². The lowest BCUT2D eigenvalue weighted by Crippen LogP contribution is -2.15. The van der Waals surface area contributed by atoms with Crippen LogP contribution in [0.2, 0.25) is 0 Å². The predicted octanol–water partition coefficient (Wildman–Crippen LogP) is 3.34. The fourth-order valence-corrected chi connectivity index (χ4v) is 2.44. The van der Waals surface area contributed by atoms with Crippen LogP contribution in [0.3, 0.4) is 0 Å². The Morgan fingerprint density at radius 2 is 1.88 bits per heavy atom. The van der Waals surface area contributed by atoms with Crippen molar-refractivity contribution in [2.75, 3.05) is 0 Å². The molecule has 0 unspecified atom stereocenters. The van der Waals surface area contributed by atoms with E-state index in [-0.39, 0.29) is 0 Å². The van der Waals surface area contributed by atoms with E-state index in [9.17, 15) is 0 Å². The second-order valence-corrected chi connectivity index (χ2v) is 4.38. The van der Waals surface area contributed by atoms with Gasteiger partial charge in [0, 0.05) is 0 Å². The van der Waals surface area contributed by atoms with Gasteiger partial charge < -0.3 is 10.5 Å². The quantitative estimate of drug-likeness (QED) is 0.795. The van der Waals surface area contributed by atoms with Crippen LogP contribution in [0.5, 0.6) is 0 Å². The molecular weight excluding hydrogens is 210 g/mol. The van der Waals surface area contributed by atoms with E-state index in [1.54, 1.807) is 6.26 Å². The van der Waals surface area contributed by atoms with Crippen LogP contribution in [-0.4, -0.2) is 0 Å². The Bertz CT molecular complexity index is 523. The van der Waals surface area contributed by atoms with Crippen molar-refractivity contribution < 1.29 is 4.74 Å². The summed E-state index contributed by atoms with van der Waals surface area (Å²) < 4.78 is 5.56. The Kier molecular flexibility index (Phi) is 2.48. The average molecular weight is 225 g/mol. The molecule has 86 valence electrons. The Hall–Kier alpha value is -1.96. The lowest BCUT2D eigenvalue weighted by Gasteiger charge is -2.25. The predicted molar refractivity (Wildman–Crippen MR) is 68.7 cm³/mol. The number of allylic oxidation sites excluding steroid dienone is 3. The molecule has 0 radical (unpaired) electrons. The maximum Gasteiger partial charge on any atom is 0.149 e. The van der Waals surface area contributed by atoms with E-state index in [1.165, 1.54) is 16.7 Å². The van der Waals surface area contributed by atoms with Gasteiger partial charge in [-0.05, 0) is 42.0 Å². The van der Waals surface area contributed by atoms with Crippen LogP contribution in [0, 0.1) is 0 Å². The van der Waals surface area contributed by atoms with Gasteiger partial charge in [-0.15, -0.1) is 0 Å². The highest BCUT2D eigenvalue weighted by atomic mass is 16.5. The van der Waals surface area contributed by atoms with Crippen molar-refractivity contribution in [1.82, 2.24) is 0 Å². The molecule has 2 aliphatic rings. The van der Waals surface area contributed by atoms with Crippen molar-refractivity contribution in [2.45, 2.75) is 19.3 Å². The number of ether oxygens (including phenoxy) is 1. The molecule has 1 aromatic carbocycles. The summed E-state index contributed by atoms with van der Waals surface area (Å²) in [7, 11) is 0. The molecule has 0 atom stereocenters. The standard InChI is InChI=1S/C15H15NO/c16-14-13(11-5-2-1-3-6-11)9-8-12-7-4-10-17-15(12)14/h1-6,10H,7-9,16H2. The monoisotopic (exact) mass is 225 g/mol. The smallest absolute Gasteiger partial charge is 0.149 e. The van der Waals surface area contributed by atoms with Gasteiger partial charge in [0.25, 0.3) is 0 Å². The van der Waals surface area contributed by atoms with Crippen LogP contribution in [0.25, 0.3) is 5.57 Å². The first-order chi connectivity index (χ1) is 8.36. The molecule has 1 aliphatic carbocycles. The van der Waals surface area contributed by atoms with Crippen LogP contribution in [-0.2, 0) is 4.74 Å². The zero-order valence-corrected chi connectivity index (χ0v) is 9.65. The van der Waals surface area contributed by atoms with Crippen molar-refractivity contribution in [3.63, 3.8) is 0 Å². The largest absolute Gasteiger partial charge is 0.463 e. The maximum absolute atomic E-state index is 6.23. The van der Waals surface area contributed by atoms with E-state index in [0.29, 0.717) is 0 Å². The van der Waals surface area contributed by atoms with Crippen molar-refractivity contribution in [3.8, 4) is 0 Å². The molecule has 0 amide bonds. The summed E-state index contributed by atoms with van der Waals surface area (Å²) in [5, 5.41) is 0. The van der Waals surface area contributed by atoms with Gasteiger partial charge in [-0.3, -0.25) is 0 Å². The summed E-state index contributed by atoms with van der Waals surface area (Å²) in [6.07, 6.45) is 6.80. The SMILES string of the molecule is NC1=C(c2ccccc2)CCC2=C1OC=CC2. The normalized spacial score (nSPS) is 19.1. The van der Waals surface area contributed by atoms with Crippen molar-refractivity contribution in [1.29, 1.82) is 0 Å². The molecule has 1 aromatic rings. The molecule has 0 aromatic heterocycles. The fraction of sp³-hybridized carbons (Fsp3) is 0.200. The molecule has 0 bridgehead atoms. The Labute approximate surface area is 101 Å². The summed E-state index contributed by atoms with van der Waals surface area (Å²) in [4.78, 5) is 0. The van der Waals surface area contributed by atoms with E-state index >= 15 is 0 Å². The summed E-state index contributed by atoms with van der Waals surface area (Å²) in [5.74, 6) is 0.887. The number of hydrogen-bond acceptors (Lipinski definition) is 2. The summed E-state index contributed by atoms with van der Waals surface area (Å²) in [5.41, 5.74) is 10.8. The number of nitrogens with two attached hydrogens (primary N) is 1. The summed E-state index contributed by atoms with van der Waals surface area (Å²) in [6, 6.07) is 10.3. The van der Waals surface area contributed by atoms with Gasteiger partial charge in [0.05, 0.1) is 12.0 Å². The number of rotatable bonds is 1. The molecule has 2 heteroatoms. The van der Waals surface area contributed by atoms with E-state index < -0.39 is 0 Å².